The summed E-state index contributed by atoms with van der Waals surface area (Å²) in [4.78, 5) is 9.77. The van der Waals surface area contributed by atoms with E-state index in [9.17, 15) is 0 Å². The predicted octanol–water partition coefficient (Wildman–Crippen LogP) is 1.79. The summed E-state index contributed by atoms with van der Waals surface area (Å²) in [5.41, 5.74) is 0. The molecular formula is C11H11N5S. The maximum Gasteiger partial charge on any atom is 0.150 e. The monoisotopic (exact) mass is 245 g/mol. The molecule has 0 aliphatic heterocycles. The van der Waals surface area contributed by atoms with Crippen molar-refractivity contribution in [2.45, 2.75) is 6.54 Å². The lowest BCUT2D eigenvalue weighted by molar-refractivity contribution is 0.657. The molecule has 5 nitrogen and oxygen atoms in total. The number of aryl methyl sites for hydroxylation is 1. The van der Waals surface area contributed by atoms with Crippen LogP contribution in [0, 0.1) is 0 Å². The Hall–Kier alpha value is -1.95. The van der Waals surface area contributed by atoms with Crippen molar-refractivity contribution in [2.75, 3.05) is 0 Å². The first-order chi connectivity index (χ1) is 8.34. The number of hydrogen-bond acceptors (Lipinski definition) is 4. The van der Waals surface area contributed by atoms with Crippen LogP contribution in [0.25, 0.3) is 10.7 Å². The highest BCUT2D eigenvalue weighted by molar-refractivity contribution is 7.13. The Kier molecular flexibility index (Phi) is 2.49. The van der Waals surface area contributed by atoms with Crippen LogP contribution >= 0.6 is 11.3 Å². The second kappa shape index (κ2) is 4.14. The average Bonchev–Trinajstić information content (AvgIpc) is 3.02. The minimum Gasteiger partial charge on any atom is -0.323 e. The fraction of sp³-hybridized carbons (Fsp3) is 0.182. The van der Waals surface area contributed by atoms with Gasteiger partial charge in [0.2, 0.25) is 0 Å². The van der Waals surface area contributed by atoms with Gasteiger partial charge in [-0.3, -0.25) is 4.68 Å². The van der Waals surface area contributed by atoms with Crippen molar-refractivity contribution >= 4 is 11.3 Å². The molecule has 0 spiro atoms. The third-order valence-electron chi connectivity index (χ3n) is 2.57. The van der Waals surface area contributed by atoms with Gasteiger partial charge in [-0.25, -0.2) is 9.97 Å². The number of hydrogen-bond donors (Lipinski definition) is 0. The second-order valence-corrected chi connectivity index (χ2v) is 4.60. The average molecular weight is 245 g/mol. The van der Waals surface area contributed by atoms with Gasteiger partial charge in [-0.15, -0.1) is 11.3 Å². The first-order valence-corrected chi connectivity index (χ1v) is 6.10. The van der Waals surface area contributed by atoms with Crippen LogP contribution in [0.15, 0.2) is 36.2 Å². The Labute approximate surface area is 102 Å². The van der Waals surface area contributed by atoms with Gasteiger partial charge in [-0.2, -0.15) is 5.10 Å². The molecule has 0 fully saturated rings. The molecule has 86 valence electrons. The zero-order valence-electron chi connectivity index (χ0n) is 9.32. The molecule has 3 heterocycles. The number of nitrogens with zero attached hydrogens (tertiary/aromatic N) is 5. The lowest BCUT2D eigenvalue weighted by atomic mass is 10.4. The van der Waals surface area contributed by atoms with Crippen LogP contribution in [-0.2, 0) is 13.6 Å². The van der Waals surface area contributed by atoms with Gasteiger partial charge in [0.15, 0.2) is 0 Å². The van der Waals surface area contributed by atoms with Crippen LogP contribution in [-0.4, -0.2) is 24.3 Å². The van der Waals surface area contributed by atoms with Crippen LogP contribution in [0.2, 0.25) is 0 Å². The van der Waals surface area contributed by atoms with Crippen molar-refractivity contribution in [3.05, 3.63) is 42.1 Å². The minimum absolute atomic E-state index is 0.684. The van der Waals surface area contributed by atoms with Gasteiger partial charge in [-0.05, 0) is 11.4 Å². The molecular weight excluding hydrogens is 234 g/mol. The highest BCUT2D eigenvalue weighted by Gasteiger charge is 2.09. The fourth-order valence-corrected chi connectivity index (χ4v) is 2.42. The summed E-state index contributed by atoms with van der Waals surface area (Å²) in [5, 5.41) is 6.12. The molecule has 17 heavy (non-hydrogen) atoms. The van der Waals surface area contributed by atoms with Crippen molar-refractivity contribution in [2.24, 2.45) is 7.05 Å². The number of rotatable bonds is 3. The summed E-state index contributed by atoms with van der Waals surface area (Å²) in [6, 6.07) is 4.10. The van der Waals surface area contributed by atoms with Crippen molar-refractivity contribution < 1.29 is 0 Å². The van der Waals surface area contributed by atoms with Crippen LogP contribution in [0.1, 0.15) is 5.82 Å². The first kappa shape index (κ1) is 10.2. The van der Waals surface area contributed by atoms with Crippen LogP contribution < -0.4 is 0 Å². The van der Waals surface area contributed by atoms with Gasteiger partial charge in [0.05, 0.1) is 11.4 Å². The summed E-state index contributed by atoms with van der Waals surface area (Å²) in [6.07, 6.45) is 5.34. The zero-order valence-corrected chi connectivity index (χ0v) is 10.1. The van der Waals surface area contributed by atoms with E-state index in [0.717, 1.165) is 16.5 Å². The lowest BCUT2D eigenvalue weighted by Crippen LogP contribution is -2.07. The standard InChI is InChI=1S/C11H11N5S/c1-15-10(13-8-14-15)7-16-5-4-12-11(16)9-3-2-6-17-9/h2-6,8H,7H2,1H3. The normalized spacial score (nSPS) is 10.9. The van der Waals surface area contributed by atoms with E-state index >= 15 is 0 Å². The van der Waals surface area contributed by atoms with Gasteiger partial charge in [-0.1, -0.05) is 6.07 Å². The number of thiophene rings is 1. The molecule has 0 radical (unpaired) electrons. The topological polar surface area (TPSA) is 48.5 Å². The fourth-order valence-electron chi connectivity index (χ4n) is 1.68. The van der Waals surface area contributed by atoms with Gasteiger partial charge < -0.3 is 4.57 Å². The third kappa shape index (κ3) is 1.87. The van der Waals surface area contributed by atoms with E-state index in [4.69, 9.17) is 0 Å². The molecule has 0 aliphatic rings. The summed E-state index contributed by atoms with van der Waals surface area (Å²) < 4.78 is 3.86. The summed E-state index contributed by atoms with van der Waals surface area (Å²) in [5.74, 6) is 1.89. The highest BCUT2D eigenvalue weighted by Crippen LogP contribution is 2.23. The molecule has 6 heteroatoms. The molecule has 3 rings (SSSR count). The molecule has 3 aromatic heterocycles. The zero-order chi connectivity index (χ0) is 11.7. The van der Waals surface area contributed by atoms with Crippen molar-refractivity contribution in [3.63, 3.8) is 0 Å². The molecule has 0 bridgehead atoms. The number of aromatic nitrogens is 5. The van der Waals surface area contributed by atoms with E-state index in [1.54, 1.807) is 22.3 Å². The molecule has 0 amide bonds. The van der Waals surface area contributed by atoms with Gasteiger partial charge >= 0.3 is 0 Å². The van der Waals surface area contributed by atoms with Crippen molar-refractivity contribution in [1.82, 2.24) is 24.3 Å². The Bertz CT molecular complexity index is 607. The second-order valence-electron chi connectivity index (χ2n) is 3.66. The van der Waals surface area contributed by atoms with Crippen LogP contribution in [0.3, 0.4) is 0 Å². The smallest absolute Gasteiger partial charge is 0.150 e. The van der Waals surface area contributed by atoms with Crippen molar-refractivity contribution in [3.8, 4) is 10.7 Å². The molecule has 0 aliphatic carbocycles. The molecule has 0 aromatic carbocycles. The Morgan fingerprint density at radius 2 is 2.29 bits per heavy atom. The highest BCUT2D eigenvalue weighted by atomic mass is 32.1. The molecule has 0 saturated heterocycles. The maximum atomic E-state index is 4.38. The Morgan fingerprint density at radius 3 is 3.00 bits per heavy atom. The third-order valence-corrected chi connectivity index (χ3v) is 3.44. The lowest BCUT2D eigenvalue weighted by Gasteiger charge is -2.05. The molecule has 0 saturated carbocycles. The van der Waals surface area contributed by atoms with Crippen LogP contribution in [0.4, 0.5) is 0 Å². The maximum absolute atomic E-state index is 4.38. The summed E-state index contributed by atoms with van der Waals surface area (Å²) in [7, 11) is 1.89. The van der Waals surface area contributed by atoms with E-state index in [1.165, 1.54) is 0 Å². The minimum atomic E-state index is 0.684. The summed E-state index contributed by atoms with van der Waals surface area (Å²) in [6.45, 7) is 0.684. The van der Waals surface area contributed by atoms with Crippen molar-refractivity contribution in [1.29, 1.82) is 0 Å². The van der Waals surface area contributed by atoms with E-state index in [0.29, 0.717) is 6.54 Å². The Morgan fingerprint density at radius 1 is 1.35 bits per heavy atom. The summed E-state index contributed by atoms with van der Waals surface area (Å²) >= 11 is 1.69. The van der Waals surface area contributed by atoms with E-state index < -0.39 is 0 Å². The van der Waals surface area contributed by atoms with Crippen LogP contribution in [0.5, 0.6) is 0 Å². The van der Waals surface area contributed by atoms with Gasteiger partial charge in [0, 0.05) is 19.4 Å². The first-order valence-electron chi connectivity index (χ1n) is 5.22. The molecule has 0 N–H and O–H groups in total. The quantitative estimate of drug-likeness (QED) is 0.706. The predicted molar refractivity (Wildman–Crippen MR) is 65.6 cm³/mol. The SMILES string of the molecule is Cn1ncnc1Cn1ccnc1-c1cccs1. The Balaban J connectivity index is 1.95. The van der Waals surface area contributed by atoms with Gasteiger partial charge in [0.1, 0.15) is 18.0 Å². The van der Waals surface area contributed by atoms with E-state index in [2.05, 4.69) is 31.1 Å². The molecule has 0 unspecified atom stereocenters. The van der Waals surface area contributed by atoms with Gasteiger partial charge in [0.25, 0.3) is 0 Å². The largest absolute Gasteiger partial charge is 0.323 e. The van der Waals surface area contributed by atoms with E-state index in [1.807, 2.05) is 25.5 Å². The number of imidazole rings is 1. The van der Waals surface area contributed by atoms with E-state index in [-0.39, 0.29) is 0 Å². The molecule has 0 atom stereocenters. The molecule has 3 aromatic rings.